The van der Waals surface area contributed by atoms with Crippen LogP contribution in [-0.4, -0.2) is 0 Å². The summed E-state index contributed by atoms with van der Waals surface area (Å²) < 4.78 is 42.3. The number of hydrogen-bond donors (Lipinski definition) is 0. The normalized spacial score (nSPS) is 11.7. The predicted octanol–water partition coefficient (Wildman–Crippen LogP) is 4.45. The first-order valence-corrected chi connectivity index (χ1v) is 5.26. The summed E-state index contributed by atoms with van der Waals surface area (Å²) >= 11 is 1.16. The van der Waals surface area contributed by atoms with Crippen molar-refractivity contribution in [3.05, 3.63) is 48.2 Å². The molecule has 0 atom stereocenters. The van der Waals surface area contributed by atoms with Gasteiger partial charge in [0.2, 0.25) is 0 Å². The van der Waals surface area contributed by atoms with Gasteiger partial charge in [-0.15, -0.1) is 0 Å². The van der Waals surface area contributed by atoms with Gasteiger partial charge in [-0.1, -0.05) is 17.8 Å². The minimum atomic E-state index is -4.31. The molecule has 1 nitrogen and oxygen atoms in total. The van der Waals surface area contributed by atoms with Gasteiger partial charge in [-0.05, 0) is 30.3 Å². The van der Waals surface area contributed by atoms with Crippen LogP contribution in [0.2, 0.25) is 0 Å². The Morgan fingerprint density at radius 1 is 1.06 bits per heavy atom. The second-order valence-electron chi connectivity index (χ2n) is 3.06. The number of hydrogen-bond acceptors (Lipinski definition) is 2. The smallest absolute Gasteiger partial charge is 0.416 e. The zero-order chi connectivity index (χ0) is 11.6. The lowest BCUT2D eigenvalue weighted by Gasteiger charge is -2.07. The summed E-state index contributed by atoms with van der Waals surface area (Å²) in [7, 11) is 0. The third-order valence-corrected chi connectivity index (χ3v) is 2.80. The lowest BCUT2D eigenvalue weighted by Crippen LogP contribution is -2.04. The summed E-state index contributed by atoms with van der Waals surface area (Å²) in [6.45, 7) is 0. The van der Waals surface area contributed by atoms with Gasteiger partial charge in [0.05, 0.1) is 11.8 Å². The fraction of sp³-hybridized carbons (Fsp3) is 0.0909. The SMILES string of the molecule is FC(F)(F)c1cccc(Sc2ccco2)c1. The minimum absolute atomic E-state index is 0.504. The van der Waals surface area contributed by atoms with Crippen molar-refractivity contribution in [1.29, 1.82) is 0 Å². The van der Waals surface area contributed by atoms with Gasteiger partial charge in [0, 0.05) is 4.90 Å². The molecule has 0 radical (unpaired) electrons. The molecule has 0 bridgehead atoms. The number of alkyl halides is 3. The van der Waals surface area contributed by atoms with Crippen molar-refractivity contribution >= 4 is 11.8 Å². The molecule has 0 aliphatic heterocycles. The highest BCUT2D eigenvalue weighted by atomic mass is 32.2. The molecule has 0 saturated heterocycles. The summed E-state index contributed by atoms with van der Waals surface area (Å²) in [5.74, 6) is 0. The Morgan fingerprint density at radius 2 is 1.88 bits per heavy atom. The molecule has 2 rings (SSSR count). The van der Waals surface area contributed by atoms with Crippen molar-refractivity contribution in [1.82, 2.24) is 0 Å². The van der Waals surface area contributed by atoms with Crippen LogP contribution < -0.4 is 0 Å². The molecule has 0 unspecified atom stereocenters. The molecule has 1 heterocycles. The monoisotopic (exact) mass is 244 g/mol. The second-order valence-corrected chi connectivity index (χ2v) is 4.14. The molecule has 0 fully saturated rings. The van der Waals surface area contributed by atoms with Crippen molar-refractivity contribution in [3.8, 4) is 0 Å². The highest BCUT2D eigenvalue weighted by Crippen LogP contribution is 2.34. The van der Waals surface area contributed by atoms with Crippen LogP contribution in [0.1, 0.15) is 5.56 Å². The van der Waals surface area contributed by atoms with Crippen molar-refractivity contribution < 1.29 is 17.6 Å². The fourth-order valence-corrected chi connectivity index (χ4v) is 1.99. The number of rotatable bonds is 2. The Balaban J connectivity index is 2.23. The maximum Gasteiger partial charge on any atom is 0.416 e. The predicted molar refractivity (Wildman–Crippen MR) is 54.3 cm³/mol. The molecule has 0 N–H and O–H groups in total. The van der Waals surface area contributed by atoms with Gasteiger partial charge in [-0.2, -0.15) is 13.2 Å². The van der Waals surface area contributed by atoms with Gasteiger partial charge in [0.15, 0.2) is 5.09 Å². The van der Waals surface area contributed by atoms with Gasteiger partial charge < -0.3 is 4.42 Å². The summed E-state index contributed by atoms with van der Waals surface area (Å²) in [6, 6.07) is 8.54. The topological polar surface area (TPSA) is 13.1 Å². The molecule has 0 saturated carbocycles. The minimum Gasteiger partial charge on any atom is -0.458 e. The van der Waals surface area contributed by atoms with Crippen molar-refractivity contribution in [2.24, 2.45) is 0 Å². The van der Waals surface area contributed by atoms with E-state index in [1.54, 1.807) is 18.2 Å². The molecule has 2 aromatic rings. The van der Waals surface area contributed by atoms with Gasteiger partial charge in [0.1, 0.15) is 0 Å². The highest BCUT2D eigenvalue weighted by Gasteiger charge is 2.30. The molecule has 0 spiro atoms. The van der Waals surface area contributed by atoms with Gasteiger partial charge in [0.25, 0.3) is 0 Å². The summed E-state index contributed by atoms with van der Waals surface area (Å²) in [5.41, 5.74) is -0.649. The quantitative estimate of drug-likeness (QED) is 0.774. The molecular formula is C11H7F3OS. The third kappa shape index (κ3) is 2.61. The first kappa shape index (κ1) is 11.1. The first-order valence-electron chi connectivity index (χ1n) is 4.44. The third-order valence-electron chi connectivity index (χ3n) is 1.87. The van der Waals surface area contributed by atoms with E-state index in [0.717, 1.165) is 23.9 Å². The Hall–Kier alpha value is -1.36. The van der Waals surface area contributed by atoms with Gasteiger partial charge >= 0.3 is 6.18 Å². The molecule has 0 amide bonds. The van der Waals surface area contributed by atoms with E-state index in [0.29, 0.717) is 9.99 Å². The van der Waals surface area contributed by atoms with E-state index in [9.17, 15) is 13.2 Å². The first-order chi connectivity index (χ1) is 7.55. The largest absolute Gasteiger partial charge is 0.458 e. The van der Waals surface area contributed by atoms with Crippen LogP contribution in [0.5, 0.6) is 0 Å². The average Bonchev–Trinajstić information content (AvgIpc) is 2.70. The molecule has 84 valence electrons. The average molecular weight is 244 g/mol. The van der Waals surface area contributed by atoms with E-state index in [2.05, 4.69) is 0 Å². The van der Waals surface area contributed by atoms with Gasteiger partial charge in [-0.3, -0.25) is 0 Å². The zero-order valence-electron chi connectivity index (χ0n) is 7.99. The molecule has 0 aliphatic rings. The lowest BCUT2D eigenvalue weighted by atomic mass is 10.2. The van der Waals surface area contributed by atoms with Gasteiger partial charge in [-0.25, -0.2) is 0 Å². The zero-order valence-corrected chi connectivity index (χ0v) is 8.81. The second kappa shape index (κ2) is 4.25. The van der Waals surface area contributed by atoms with Crippen molar-refractivity contribution in [2.75, 3.05) is 0 Å². The van der Waals surface area contributed by atoms with Crippen LogP contribution in [0, 0.1) is 0 Å². The molecular weight excluding hydrogens is 237 g/mol. The molecule has 16 heavy (non-hydrogen) atoms. The van der Waals surface area contributed by atoms with Crippen molar-refractivity contribution in [3.63, 3.8) is 0 Å². The van der Waals surface area contributed by atoms with Crippen LogP contribution in [0.15, 0.2) is 57.1 Å². The molecule has 1 aromatic heterocycles. The van der Waals surface area contributed by atoms with E-state index in [1.807, 2.05) is 0 Å². The summed E-state index contributed by atoms with van der Waals surface area (Å²) in [4.78, 5) is 0.504. The maximum atomic E-state index is 12.4. The summed E-state index contributed by atoms with van der Waals surface area (Å²) in [6.07, 6.45) is -2.82. The number of benzene rings is 1. The Labute approximate surface area is 94.3 Å². The van der Waals surface area contributed by atoms with Crippen LogP contribution in [0.25, 0.3) is 0 Å². The fourth-order valence-electron chi connectivity index (χ4n) is 1.17. The summed E-state index contributed by atoms with van der Waals surface area (Å²) in [5, 5.41) is 0.569. The Morgan fingerprint density at radius 3 is 2.50 bits per heavy atom. The highest BCUT2D eigenvalue weighted by molar-refractivity contribution is 7.99. The van der Waals surface area contributed by atoms with Crippen LogP contribution in [0.4, 0.5) is 13.2 Å². The van der Waals surface area contributed by atoms with E-state index in [-0.39, 0.29) is 0 Å². The lowest BCUT2D eigenvalue weighted by molar-refractivity contribution is -0.137. The number of halogens is 3. The van der Waals surface area contributed by atoms with E-state index in [1.165, 1.54) is 12.3 Å². The Kier molecular flexibility index (Phi) is 2.96. The van der Waals surface area contributed by atoms with Crippen LogP contribution in [0.3, 0.4) is 0 Å². The van der Waals surface area contributed by atoms with E-state index >= 15 is 0 Å². The maximum absolute atomic E-state index is 12.4. The van der Waals surface area contributed by atoms with Crippen LogP contribution in [-0.2, 0) is 6.18 Å². The van der Waals surface area contributed by atoms with Crippen LogP contribution >= 0.6 is 11.8 Å². The molecule has 0 aliphatic carbocycles. The number of furan rings is 1. The molecule has 1 aromatic carbocycles. The van der Waals surface area contributed by atoms with E-state index in [4.69, 9.17) is 4.42 Å². The van der Waals surface area contributed by atoms with Crippen molar-refractivity contribution in [2.45, 2.75) is 16.2 Å². The standard InChI is InChI=1S/C11H7F3OS/c12-11(13,14)8-3-1-4-9(7-8)16-10-5-2-6-15-10/h1-7H. The molecule has 5 heteroatoms. The Bertz CT molecular complexity index is 462. The van der Waals surface area contributed by atoms with E-state index < -0.39 is 11.7 Å².